The quantitative estimate of drug-likeness (QED) is 0.449. The van der Waals surface area contributed by atoms with Gasteiger partial charge >= 0.3 is 0 Å². The zero-order valence-corrected chi connectivity index (χ0v) is 12.6. The summed E-state index contributed by atoms with van der Waals surface area (Å²) < 4.78 is 0. The molecule has 0 radical (unpaired) electrons. The molecule has 2 amide bonds. The van der Waals surface area contributed by atoms with E-state index in [1.54, 1.807) is 24.3 Å². The number of carbonyl (C=O) groups excluding carboxylic acids is 2. The molecule has 118 valence electrons. The normalized spacial score (nSPS) is 10.5. The molecule has 0 aliphatic heterocycles. The number of phenolic OH excluding ortho intramolecular Hbond substituents is 1. The molecule has 0 bridgehead atoms. The first-order valence-electron chi connectivity index (χ1n) is 7.00. The Balaban J connectivity index is 1.78. The molecule has 0 saturated heterocycles. The molecule has 3 N–H and O–H groups in total. The highest BCUT2D eigenvalue weighted by Crippen LogP contribution is 2.09. The standard InChI is InChI=1S/C17H17N3O3/c1-12-2-6-14(7-3-12)19-16(22)10-17(23)20-18-11-13-4-8-15(21)9-5-13/h2-9,11,21H,10H2,1H3,(H,19,22)(H,20,23)/b18-11+. The van der Waals surface area contributed by atoms with Gasteiger partial charge in [0, 0.05) is 5.69 Å². The molecular weight excluding hydrogens is 294 g/mol. The summed E-state index contributed by atoms with van der Waals surface area (Å²) >= 11 is 0. The third-order valence-electron chi connectivity index (χ3n) is 2.95. The highest BCUT2D eigenvalue weighted by molar-refractivity contribution is 6.03. The topological polar surface area (TPSA) is 90.8 Å². The molecule has 23 heavy (non-hydrogen) atoms. The van der Waals surface area contributed by atoms with Crippen molar-refractivity contribution in [1.29, 1.82) is 0 Å². The largest absolute Gasteiger partial charge is 0.508 e. The monoisotopic (exact) mass is 311 g/mol. The van der Waals surface area contributed by atoms with E-state index in [0.29, 0.717) is 11.3 Å². The van der Waals surface area contributed by atoms with E-state index in [1.807, 2.05) is 19.1 Å². The number of phenols is 1. The average Bonchev–Trinajstić information content (AvgIpc) is 2.51. The predicted molar refractivity (Wildman–Crippen MR) is 88.3 cm³/mol. The molecule has 6 heteroatoms. The Morgan fingerprint density at radius 3 is 2.35 bits per heavy atom. The molecule has 2 aromatic rings. The lowest BCUT2D eigenvalue weighted by molar-refractivity contribution is -0.126. The van der Waals surface area contributed by atoms with Crippen LogP contribution in [-0.2, 0) is 9.59 Å². The zero-order chi connectivity index (χ0) is 16.7. The fourth-order valence-electron chi connectivity index (χ4n) is 1.77. The van der Waals surface area contributed by atoms with Gasteiger partial charge in [0.15, 0.2) is 0 Å². The fourth-order valence-corrected chi connectivity index (χ4v) is 1.77. The number of aromatic hydroxyl groups is 1. The average molecular weight is 311 g/mol. The number of anilines is 1. The lowest BCUT2D eigenvalue weighted by Gasteiger charge is -2.04. The van der Waals surface area contributed by atoms with Crippen LogP contribution in [-0.4, -0.2) is 23.1 Å². The van der Waals surface area contributed by atoms with Gasteiger partial charge in [0.2, 0.25) is 11.8 Å². The van der Waals surface area contributed by atoms with Crippen LogP contribution in [0.4, 0.5) is 5.69 Å². The van der Waals surface area contributed by atoms with Crippen molar-refractivity contribution in [2.45, 2.75) is 13.3 Å². The number of hydrazone groups is 1. The molecular formula is C17H17N3O3. The smallest absolute Gasteiger partial charge is 0.249 e. The van der Waals surface area contributed by atoms with Gasteiger partial charge in [-0.2, -0.15) is 5.10 Å². The molecule has 2 aromatic carbocycles. The first kappa shape index (κ1) is 16.2. The van der Waals surface area contributed by atoms with Crippen molar-refractivity contribution < 1.29 is 14.7 Å². The van der Waals surface area contributed by atoms with E-state index in [-0.39, 0.29) is 12.2 Å². The van der Waals surface area contributed by atoms with Gasteiger partial charge in [-0.25, -0.2) is 5.43 Å². The van der Waals surface area contributed by atoms with Gasteiger partial charge in [0.1, 0.15) is 12.2 Å². The van der Waals surface area contributed by atoms with Crippen LogP contribution in [0.1, 0.15) is 17.5 Å². The number of nitrogens with zero attached hydrogens (tertiary/aromatic N) is 1. The van der Waals surface area contributed by atoms with E-state index in [1.165, 1.54) is 18.3 Å². The van der Waals surface area contributed by atoms with Crippen molar-refractivity contribution in [3.8, 4) is 5.75 Å². The zero-order valence-electron chi connectivity index (χ0n) is 12.6. The third kappa shape index (κ3) is 5.62. The SMILES string of the molecule is Cc1ccc(NC(=O)CC(=O)N/N=C/c2ccc(O)cc2)cc1. The molecule has 0 spiro atoms. The van der Waals surface area contributed by atoms with Crippen molar-refractivity contribution >= 4 is 23.7 Å². The maximum absolute atomic E-state index is 11.7. The van der Waals surface area contributed by atoms with Crippen molar-refractivity contribution in [2.75, 3.05) is 5.32 Å². The second-order valence-corrected chi connectivity index (χ2v) is 4.98. The summed E-state index contributed by atoms with van der Waals surface area (Å²) in [6.07, 6.45) is 1.11. The van der Waals surface area contributed by atoms with E-state index in [2.05, 4.69) is 15.8 Å². The number of rotatable bonds is 5. The van der Waals surface area contributed by atoms with Crippen molar-refractivity contribution in [1.82, 2.24) is 5.43 Å². The summed E-state index contributed by atoms with van der Waals surface area (Å²) in [4.78, 5) is 23.3. The van der Waals surface area contributed by atoms with Crippen LogP contribution in [0.25, 0.3) is 0 Å². The van der Waals surface area contributed by atoms with Gasteiger partial charge in [-0.3, -0.25) is 9.59 Å². The van der Waals surface area contributed by atoms with Crippen LogP contribution < -0.4 is 10.7 Å². The molecule has 0 heterocycles. The fraction of sp³-hybridized carbons (Fsp3) is 0.118. The van der Waals surface area contributed by atoms with E-state index < -0.39 is 11.8 Å². The molecule has 0 aliphatic rings. The highest BCUT2D eigenvalue weighted by Gasteiger charge is 2.08. The summed E-state index contributed by atoms with van der Waals surface area (Å²) in [5.74, 6) is -0.769. The van der Waals surface area contributed by atoms with Crippen molar-refractivity contribution in [2.24, 2.45) is 5.10 Å². The van der Waals surface area contributed by atoms with Crippen LogP contribution in [0.5, 0.6) is 5.75 Å². The summed E-state index contributed by atoms with van der Waals surface area (Å²) in [5.41, 5.74) is 4.72. The van der Waals surface area contributed by atoms with Crippen LogP contribution >= 0.6 is 0 Å². The second kappa shape index (κ2) is 7.74. The Bertz CT molecular complexity index is 707. The molecule has 0 unspecified atom stereocenters. The first-order chi connectivity index (χ1) is 11.0. The number of hydrogen-bond acceptors (Lipinski definition) is 4. The molecule has 0 atom stereocenters. The lowest BCUT2D eigenvalue weighted by Crippen LogP contribution is -2.24. The minimum Gasteiger partial charge on any atom is -0.508 e. The van der Waals surface area contributed by atoms with Gasteiger partial charge in [-0.1, -0.05) is 17.7 Å². The third-order valence-corrected chi connectivity index (χ3v) is 2.95. The number of aryl methyl sites for hydroxylation is 1. The molecule has 0 aromatic heterocycles. The van der Waals surface area contributed by atoms with Crippen LogP contribution in [0.3, 0.4) is 0 Å². The van der Waals surface area contributed by atoms with E-state index in [9.17, 15) is 9.59 Å². The van der Waals surface area contributed by atoms with Gasteiger partial charge in [-0.05, 0) is 48.9 Å². The Labute approximate surface area is 133 Å². The van der Waals surface area contributed by atoms with Crippen molar-refractivity contribution in [3.63, 3.8) is 0 Å². The molecule has 2 rings (SSSR count). The van der Waals surface area contributed by atoms with Gasteiger partial charge in [-0.15, -0.1) is 0 Å². The maximum Gasteiger partial charge on any atom is 0.249 e. The number of amides is 2. The van der Waals surface area contributed by atoms with E-state index in [0.717, 1.165) is 5.56 Å². The lowest BCUT2D eigenvalue weighted by atomic mass is 10.2. The second-order valence-electron chi connectivity index (χ2n) is 4.98. The number of hydrogen-bond donors (Lipinski definition) is 3. The Morgan fingerprint density at radius 1 is 1.04 bits per heavy atom. The maximum atomic E-state index is 11.7. The summed E-state index contributed by atoms with van der Waals surface area (Å²) in [6, 6.07) is 13.6. The van der Waals surface area contributed by atoms with Gasteiger partial charge in [0.05, 0.1) is 6.21 Å². The number of nitrogens with one attached hydrogen (secondary N) is 2. The van der Waals surface area contributed by atoms with Crippen molar-refractivity contribution in [3.05, 3.63) is 59.7 Å². The summed E-state index contributed by atoms with van der Waals surface area (Å²) in [5, 5.41) is 15.5. The van der Waals surface area contributed by atoms with Gasteiger partial charge < -0.3 is 10.4 Å². The van der Waals surface area contributed by atoms with Gasteiger partial charge in [0.25, 0.3) is 0 Å². The van der Waals surface area contributed by atoms with Crippen LogP contribution in [0.15, 0.2) is 53.6 Å². The first-order valence-corrected chi connectivity index (χ1v) is 7.00. The molecule has 0 aliphatic carbocycles. The summed E-state index contributed by atoms with van der Waals surface area (Å²) in [6.45, 7) is 1.95. The molecule has 6 nitrogen and oxygen atoms in total. The number of benzene rings is 2. The molecule has 0 saturated carbocycles. The Hall–Kier alpha value is -3.15. The van der Waals surface area contributed by atoms with Crippen LogP contribution in [0.2, 0.25) is 0 Å². The highest BCUT2D eigenvalue weighted by atomic mass is 16.3. The summed E-state index contributed by atoms with van der Waals surface area (Å²) in [7, 11) is 0. The molecule has 0 fully saturated rings. The minimum absolute atomic E-state index is 0.152. The Morgan fingerprint density at radius 2 is 1.70 bits per heavy atom. The predicted octanol–water partition coefficient (Wildman–Crippen LogP) is 2.18. The van der Waals surface area contributed by atoms with E-state index in [4.69, 9.17) is 5.11 Å². The minimum atomic E-state index is -0.510. The van der Waals surface area contributed by atoms with E-state index >= 15 is 0 Å². The number of carbonyl (C=O) groups is 2. The Kier molecular flexibility index (Phi) is 5.46. The van der Waals surface area contributed by atoms with Crippen LogP contribution in [0, 0.1) is 6.92 Å².